The highest BCUT2D eigenvalue weighted by atomic mass is 32.2. The zero-order valence-corrected chi connectivity index (χ0v) is 14.6. The summed E-state index contributed by atoms with van der Waals surface area (Å²) in [6.07, 6.45) is -0.855. The summed E-state index contributed by atoms with van der Waals surface area (Å²) in [4.78, 5) is 25.3. The number of cyclic esters (lactones) is 1. The van der Waals surface area contributed by atoms with E-state index in [1.165, 1.54) is 0 Å². The molecule has 130 valence electrons. The van der Waals surface area contributed by atoms with Crippen molar-refractivity contribution in [1.29, 1.82) is 0 Å². The topological polar surface area (TPSA) is 78.9 Å². The predicted octanol–water partition coefficient (Wildman–Crippen LogP) is 1.57. The lowest BCUT2D eigenvalue weighted by Gasteiger charge is -2.15. The van der Waals surface area contributed by atoms with E-state index < -0.39 is 45.6 Å². The molecule has 5 atom stereocenters. The number of carbonyl (C=O) groups excluding carboxylic acids is 2. The minimum atomic E-state index is -1.72. The van der Waals surface area contributed by atoms with Gasteiger partial charge in [0.15, 0.2) is 4.75 Å². The van der Waals surface area contributed by atoms with Crippen LogP contribution in [0.2, 0.25) is 0 Å². The highest BCUT2D eigenvalue weighted by Crippen LogP contribution is 2.64. The van der Waals surface area contributed by atoms with Gasteiger partial charge in [0.1, 0.15) is 0 Å². The molecule has 1 unspecified atom stereocenters. The van der Waals surface area contributed by atoms with E-state index in [1.54, 1.807) is 26.0 Å². The van der Waals surface area contributed by atoms with E-state index in [4.69, 9.17) is 14.2 Å². The maximum atomic E-state index is 13.1. The summed E-state index contributed by atoms with van der Waals surface area (Å²) >= 11 is 0. The van der Waals surface area contributed by atoms with Crippen LogP contribution in [0.5, 0.6) is 0 Å². The van der Waals surface area contributed by atoms with Gasteiger partial charge in [0.05, 0.1) is 29.2 Å². The Hall–Kier alpha value is -1.73. The fourth-order valence-electron chi connectivity index (χ4n) is 3.31. The largest absolute Gasteiger partial charge is 0.466 e. The second-order valence-electron chi connectivity index (χ2n) is 5.86. The molecule has 24 heavy (non-hydrogen) atoms. The molecule has 0 spiro atoms. The average Bonchev–Trinajstić information content (AvgIpc) is 3.18. The smallest absolute Gasteiger partial charge is 0.329 e. The number of esters is 2. The van der Waals surface area contributed by atoms with Gasteiger partial charge in [0, 0.05) is 11.5 Å². The summed E-state index contributed by atoms with van der Waals surface area (Å²) in [6.45, 7) is 5.91. The van der Waals surface area contributed by atoms with Crippen molar-refractivity contribution in [3.05, 3.63) is 29.8 Å². The molecule has 7 heteroatoms. The van der Waals surface area contributed by atoms with Crippen molar-refractivity contribution in [1.82, 2.24) is 0 Å². The molecule has 1 saturated heterocycles. The van der Waals surface area contributed by atoms with Crippen LogP contribution in [-0.2, 0) is 34.6 Å². The second-order valence-corrected chi connectivity index (χ2v) is 7.54. The van der Waals surface area contributed by atoms with Crippen molar-refractivity contribution in [2.75, 3.05) is 13.2 Å². The van der Waals surface area contributed by atoms with Crippen LogP contribution in [0.15, 0.2) is 29.2 Å². The van der Waals surface area contributed by atoms with Crippen LogP contribution in [0.4, 0.5) is 0 Å². The number of ether oxygens (including phenoxy) is 3. The number of aryl methyl sites for hydroxylation is 1. The van der Waals surface area contributed by atoms with Gasteiger partial charge in [0.25, 0.3) is 0 Å². The van der Waals surface area contributed by atoms with Crippen molar-refractivity contribution in [2.45, 2.75) is 36.7 Å². The fourth-order valence-corrected chi connectivity index (χ4v) is 5.18. The molecule has 0 aromatic heterocycles. The Morgan fingerprint density at radius 1 is 1.25 bits per heavy atom. The molecule has 1 aromatic rings. The lowest BCUT2D eigenvalue weighted by atomic mass is 10.2. The number of carbonyl (C=O) groups is 2. The normalized spacial score (nSPS) is 32.0. The molecule has 0 N–H and O–H groups in total. The van der Waals surface area contributed by atoms with Crippen LogP contribution in [-0.4, -0.2) is 40.4 Å². The first kappa shape index (κ1) is 17.1. The third-order valence-corrected chi connectivity index (χ3v) is 6.46. The standard InChI is InChI=1S/C17H20O6S/c1-4-21-14(18)12-13-15(22-5-2)23-16(19)17(12,13)24(20)11-8-6-10(3)7-9-11/h6-9,12-13,15H,4-5H2,1-3H3/t12-,13+,15-,17-,24?/m0/s1. The maximum absolute atomic E-state index is 13.1. The van der Waals surface area contributed by atoms with Gasteiger partial charge in [-0.05, 0) is 32.9 Å². The number of rotatable bonds is 6. The summed E-state index contributed by atoms with van der Waals surface area (Å²) in [6, 6.07) is 7.06. The van der Waals surface area contributed by atoms with Crippen LogP contribution in [0, 0.1) is 18.8 Å². The van der Waals surface area contributed by atoms with E-state index >= 15 is 0 Å². The highest BCUT2D eigenvalue weighted by Gasteiger charge is 2.85. The molecule has 1 aromatic carbocycles. The molecule has 6 nitrogen and oxygen atoms in total. The Balaban J connectivity index is 1.97. The SMILES string of the molecule is CCOC(=O)[C@@H]1[C@@H]2[C@@H](OCC)OC(=O)[C@@]21S(=O)c1ccc(C)cc1. The molecule has 0 bridgehead atoms. The van der Waals surface area contributed by atoms with Crippen molar-refractivity contribution in [3.63, 3.8) is 0 Å². The molecule has 1 heterocycles. The average molecular weight is 352 g/mol. The molecule has 3 rings (SSSR count). The zero-order valence-electron chi connectivity index (χ0n) is 13.8. The molecule has 0 radical (unpaired) electrons. The molecule has 2 aliphatic rings. The van der Waals surface area contributed by atoms with Crippen molar-refractivity contribution in [3.8, 4) is 0 Å². The Kier molecular flexibility index (Phi) is 4.48. The van der Waals surface area contributed by atoms with Crippen molar-refractivity contribution >= 4 is 22.7 Å². The summed E-state index contributed by atoms with van der Waals surface area (Å²) in [5, 5.41) is 0. The van der Waals surface area contributed by atoms with Gasteiger partial charge >= 0.3 is 11.9 Å². The van der Waals surface area contributed by atoms with Gasteiger partial charge < -0.3 is 14.2 Å². The van der Waals surface area contributed by atoms with Gasteiger partial charge in [-0.2, -0.15) is 0 Å². The second kappa shape index (κ2) is 6.29. The maximum Gasteiger partial charge on any atom is 0.329 e. The summed E-state index contributed by atoms with van der Waals surface area (Å²) in [7, 11) is -1.72. The molecule has 0 amide bonds. The van der Waals surface area contributed by atoms with Crippen LogP contribution in [0.25, 0.3) is 0 Å². The minimum Gasteiger partial charge on any atom is -0.466 e. The van der Waals surface area contributed by atoms with E-state index in [-0.39, 0.29) is 6.61 Å². The lowest BCUT2D eigenvalue weighted by molar-refractivity contribution is -0.175. The number of hydrogen-bond acceptors (Lipinski definition) is 6. The lowest BCUT2D eigenvalue weighted by Crippen LogP contribution is -2.33. The first-order valence-corrected chi connectivity index (χ1v) is 9.11. The van der Waals surface area contributed by atoms with E-state index in [0.717, 1.165) is 5.56 Å². The third-order valence-electron chi connectivity index (χ3n) is 4.46. The van der Waals surface area contributed by atoms with E-state index in [1.807, 2.05) is 19.1 Å². The quantitative estimate of drug-likeness (QED) is 0.723. The Morgan fingerprint density at radius 3 is 2.50 bits per heavy atom. The summed E-state index contributed by atoms with van der Waals surface area (Å²) in [5.74, 6) is -2.55. The molecule has 1 aliphatic carbocycles. The number of fused-ring (bicyclic) bond motifs is 1. The van der Waals surface area contributed by atoms with E-state index in [0.29, 0.717) is 11.5 Å². The molecule has 1 aliphatic heterocycles. The Bertz CT molecular complexity index is 685. The minimum absolute atomic E-state index is 0.198. The molecular formula is C17H20O6S. The van der Waals surface area contributed by atoms with Gasteiger partial charge in [-0.3, -0.25) is 13.8 Å². The van der Waals surface area contributed by atoms with Gasteiger partial charge in [-0.1, -0.05) is 17.7 Å². The number of benzene rings is 1. The predicted molar refractivity (Wildman–Crippen MR) is 85.4 cm³/mol. The fraction of sp³-hybridized carbons (Fsp3) is 0.529. The van der Waals surface area contributed by atoms with Crippen LogP contribution in [0.3, 0.4) is 0 Å². The summed E-state index contributed by atoms with van der Waals surface area (Å²) in [5.41, 5.74) is 1.02. The summed E-state index contributed by atoms with van der Waals surface area (Å²) < 4.78 is 27.5. The van der Waals surface area contributed by atoms with Gasteiger partial charge in [-0.15, -0.1) is 0 Å². The van der Waals surface area contributed by atoms with Crippen LogP contribution < -0.4 is 0 Å². The van der Waals surface area contributed by atoms with Crippen LogP contribution in [0.1, 0.15) is 19.4 Å². The molecule has 1 saturated carbocycles. The van der Waals surface area contributed by atoms with Crippen molar-refractivity contribution < 1.29 is 28.0 Å². The Labute approximate surface area is 142 Å². The van der Waals surface area contributed by atoms with E-state index in [2.05, 4.69) is 0 Å². The Morgan fingerprint density at radius 2 is 1.92 bits per heavy atom. The molecular weight excluding hydrogens is 332 g/mol. The van der Waals surface area contributed by atoms with Crippen molar-refractivity contribution in [2.24, 2.45) is 11.8 Å². The van der Waals surface area contributed by atoms with E-state index in [9.17, 15) is 13.8 Å². The first-order chi connectivity index (χ1) is 11.5. The van der Waals surface area contributed by atoms with Crippen LogP contribution >= 0.6 is 0 Å². The van der Waals surface area contributed by atoms with Gasteiger partial charge in [0.2, 0.25) is 6.29 Å². The monoisotopic (exact) mass is 352 g/mol. The third kappa shape index (κ3) is 2.38. The first-order valence-electron chi connectivity index (χ1n) is 7.96. The molecule has 2 fully saturated rings. The zero-order chi connectivity index (χ0) is 17.5. The number of hydrogen-bond donors (Lipinski definition) is 0. The van der Waals surface area contributed by atoms with Gasteiger partial charge in [-0.25, -0.2) is 0 Å². The highest BCUT2D eigenvalue weighted by molar-refractivity contribution is 7.87.